The maximum absolute atomic E-state index is 11.7. The molecule has 1 aliphatic heterocycles. The summed E-state index contributed by atoms with van der Waals surface area (Å²) in [6.45, 7) is 4.47. The molecular formula is C11H11NO. The van der Waals surface area contributed by atoms with Gasteiger partial charge in [-0.2, -0.15) is 0 Å². The van der Waals surface area contributed by atoms with Crippen LogP contribution in [0.4, 0.5) is 0 Å². The second-order valence-electron chi connectivity index (χ2n) is 3.13. The number of amides is 1. The van der Waals surface area contributed by atoms with Gasteiger partial charge in [0.15, 0.2) is 0 Å². The van der Waals surface area contributed by atoms with Gasteiger partial charge in [0.2, 0.25) is 0 Å². The predicted octanol–water partition coefficient (Wildman–Crippen LogP) is 1.70. The molecule has 0 bridgehead atoms. The lowest BCUT2D eigenvalue weighted by atomic mass is 10.2. The van der Waals surface area contributed by atoms with E-state index in [0.29, 0.717) is 0 Å². The van der Waals surface area contributed by atoms with Gasteiger partial charge in [-0.05, 0) is 12.1 Å². The summed E-state index contributed by atoms with van der Waals surface area (Å²) in [5, 5.41) is 0. The first-order valence-electron chi connectivity index (χ1n) is 4.31. The maximum Gasteiger partial charge on any atom is 0.254 e. The second-order valence-corrected chi connectivity index (χ2v) is 3.13. The van der Waals surface area contributed by atoms with Crippen LogP contribution in [0.3, 0.4) is 0 Å². The summed E-state index contributed by atoms with van der Waals surface area (Å²) in [5.41, 5.74) is 0.756. The molecule has 0 N–H and O–H groups in total. The monoisotopic (exact) mass is 173 g/mol. The molecule has 66 valence electrons. The molecule has 1 atom stereocenters. The van der Waals surface area contributed by atoms with Gasteiger partial charge in [-0.15, -0.1) is 6.58 Å². The highest BCUT2D eigenvalue weighted by Crippen LogP contribution is 2.21. The summed E-state index contributed by atoms with van der Waals surface area (Å²) in [5.74, 6) is 0.102. The Balaban J connectivity index is 2.11. The van der Waals surface area contributed by atoms with Crippen molar-refractivity contribution in [2.24, 2.45) is 0 Å². The largest absolute Gasteiger partial charge is 0.328 e. The third-order valence-corrected chi connectivity index (χ3v) is 2.20. The molecule has 1 fully saturated rings. The highest BCUT2D eigenvalue weighted by atomic mass is 16.2. The quantitative estimate of drug-likeness (QED) is 0.492. The Morgan fingerprint density at radius 2 is 2.15 bits per heavy atom. The van der Waals surface area contributed by atoms with Crippen LogP contribution in [-0.2, 0) is 0 Å². The van der Waals surface area contributed by atoms with Crippen LogP contribution in [0.5, 0.6) is 0 Å². The molecule has 1 heterocycles. The fourth-order valence-corrected chi connectivity index (χ4v) is 1.34. The Hall–Kier alpha value is -1.57. The third kappa shape index (κ3) is 1.47. The fraction of sp³-hybridized carbons (Fsp3) is 0.182. The third-order valence-electron chi connectivity index (χ3n) is 2.20. The fourth-order valence-electron chi connectivity index (χ4n) is 1.34. The van der Waals surface area contributed by atoms with E-state index in [-0.39, 0.29) is 11.9 Å². The van der Waals surface area contributed by atoms with Crippen LogP contribution in [0.2, 0.25) is 0 Å². The van der Waals surface area contributed by atoms with Gasteiger partial charge in [-0.3, -0.25) is 4.79 Å². The minimum Gasteiger partial charge on any atom is -0.328 e. The second kappa shape index (κ2) is 3.05. The van der Waals surface area contributed by atoms with Crippen molar-refractivity contribution in [3.05, 3.63) is 48.6 Å². The van der Waals surface area contributed by atoms with Crippen molar-refractivity contribution in [3.8, 4) is 0 Å². The molecule has 2 heteroatoms. The van der Waals surface area contributed by atoms with Gasteiger partial charge in [0.25, 0.3) is 5.91 Å². The normalized spacial score (nSPS) is 19.7. The lowest BCUT2D eigenvalue weighted by Gasteiger charge is -2.01. The van der Waals surface area contributed by atoms with Crippen molar-refractivity contribution in [1.29, 1.82) is 0 Å². The molecule has 1 aromatic rings. The molecule has 0 radical (unpaired) electrons. The summed E-state index contributed by atoms with van der Waals surface area (Å²) in [6, 6.07) is 9.58. The highest BCUT2D eigenvalue weighted by molar-refractivity contribution is 5.96. The SMILES string of the molecule is C=CC1CN1C(=O)c1ccccc1. The van der Waals surface area contributed by atoms with E-state index in [0.717, 1.165) is 12.1 Å². The summed E-state index contributed by atoms with van der Waals surface area (Å²) in [7, 11) is 0. The lowest BCUT2D eigenvalue weighted by molar-refractivity contribution is 0.0879. The Bertz CT molecular complexity index is 331. The Morgan fingerprint density at radius 1 is 1.46 bits per heavy atom. The number of carbonyl (C=O) groups is 1. The van der Waals surface area contributed by atoms with Crippen LogP contribution in [-0.4, -0.2) is 23.4 Å². The molecule has 1 unspecified atom stereocenters. The zero-order valence-corrected chi connectivity index (χ0v) is 7.31. The average Bonchev–Trinajstić information content (AvgIpc) is 2.97. The minimum atomic E-state index is 0.102. The average molecular weight is 173 g/mol. The highest BCUT2D eigenvalue weighted by Gasteiger charge is 2.35. The van der Waals surface area contributed by atoms with Gasteiger partial charge in [-0.25, -0.2) is 0 Å². The number of hydrogen-bond donors (Lipinski definition) is 0. The summed E-state index contributed by atoms with van der Waals surface area (Å²) >= 11 is 0. The summed E-state index contributed by atoms with van der Waals surface area (Å²) in [6.07, 6.45) is 1.81. The van der Waals surface area contributed by atoms with Crippen LogP contribution >= 0.6 is 0 Å². The van der Waals surface area contributed by atoms with Crippen LogP contribution in [0.1, 0.15) is 10.4 Å². The first-order chi connectivity index (χ1) is 6.33. The van der Waals surface area contributed by atoms with Crippen molar-refractivity contribution in [3.63, 3.8) is 0 Å². The van der Waals surface area contributed by atoms with Crippen molar-refractivity contribution in [2.75, 3.05) is 6.54 Å². The topological polar surface area (TPSA) is 20.1 Å². The van der Waals surface area contributed by atoms with Gasteiger partial charge in [0.1, 0.15) is 0 Å². The number of hydrogen-bond acceptors (Lipinski definition) is 1. The van der Waals surface area contributed by atoms with E-state index >= 15 is 0 Å². The first kappa shape index (κ1) is 8.05. The molecule has 2 nitrogen and oxygen atoms in total. The van der Waals surface area contributed by atoms with Crippen molar-refractivity contribution in [2.45, 2.75) is 6.04 Å². The van der Waals surface area contributed by atoms with Crippen LogP contribution < -0.4 is 0 Å². The Labute approximate surface area is 77.5 Å². The van der Waals surface area contributed by atoms with Gasteiger partial charge in [-0.1, -0.05) is 24.3 Å². The Kier molecular flexibility index (Phi) is 1.89. The molecule has 1 aromatic carbocycles. The standard InChI is InChI=1S/C11H11NO/c1-2-10-8-12(10)11(13)9-6-4-3-5-7-9/h2-7,10H,1,8H2. The van der Waals surface area contributed by atoms with Crippen molar-refractivity contribution < 1.29 is 4.79 Å². The Morgan fingerprint density at radius 3 is 2.69 bits per heavy atom. The van der Waals surface area contributed by atoms with Crippen molar-refractivity contribution in [1.82, 2.24) is 4.90 Å². The maximum atomic E-state index is 11.7. The molecule has 13 heavy (non-hydrogen) atoms. The molecular weight excluding hydrogens is 162 g/mol. The number of nitrogens with zero attached hydrogens (tertiary/aromatic N) is 1. The summed E-state index contributed by atoms with van der Waals surface area (Å²) in [4.78, 5) is 13.4. The van der Waals surface area contributed by atoms with Crippen molar-refractivity contribution >= 4 is 5.91 Å². The molecule has 0 aromatic heterocycles. The van der Waals surface area contributed by atoms with E-state index in [1.54, 1.807) is 11.0 Å². The zero-order chi connectivity index (χ0) is 9.26. The lowest BCUT2D eigenvalue weighted by Crippen LogP contribution is -2.12. The van der Waals surface area contributed by atoms with Crippen LogP contribution in [0.25, 0.3) is 0 Å². The predicted molar refractivity (Wildman–Crippen MR) is 51.5 cm³/mol. The van der Waals surface area contributed by atoms with Crippen LogP contribution in [0.15, 0.2) is 43.0 Å². The molecule has 1 saturated heterocycles. The van der Waals surface area contributed by atoms with Gasteiger partial charge < -0.3 is 4.90 Å². The van der Waals surface area contributed by atoms with Gasteiger partial charge in [0.05, 0.1) is 6.04 Å². The first-order valence-corrected chi connectivity index (χ1v) is 4.31. The molecule has 0 aliphatic carbocycles. The number of carbonyl (C=O) groups excluding carboxylic acids is 1. The van der Waals surface area contributed by atoms with E-state index in [2.05, 4.69) is 6.58 Å². The molecule has 0 spiro atoms. The van der Waals surface area contributed by atoms with Crippen LogP contribution in [0, 0.1) is 0 Å². The summed E-state index contributed by atoms with van der Waals surface area (Å²) < 4.78 is 0. The zero-order valence-electron chi connectivity index (χ0n) is 7.31. The van der Waals surface area contributed by atoms with E-state index in [4.69, 9.17) is 0 Å². The molecule has 1 amide bonds. The van der Waals surface area contributed by atoms with E-state index in [9.17, 15) is 4.79 Å². The van der Waals surface area contributed by atoms with Gasteiger partial charge >= 0.3 is 0 Å². The molecule has 1 aliphatic rings. The van der Waals surface area contributed by atoms with E-state index in [1.165, 1.54) is 0 Å². The smallest absolute Gasteiger partial charge is 0.254 e. The number of rotatable bonds is 2. The molecule has 0 saturated carbocycles. The molecule has 2 rings (SSSR count). The number of benzene rings is 1. The van der Waals surface area contributed by atoms with E-state index < -0.39 is 0 Å². The minimum absolute atomic E-state index is 0.102. The van der Waals surface area contributed by atoms with Gasteiger partial charge in [0, 0.05) is 12.1 Å². The van der Waals surface area contributed by atoms with E-state index in [1.807, 2.05) is 30.3 Å².